The standard InChI is InChI=1S/C46H30N2S/c1-3-12-31(13-4-1)33-15-11-18-35(28-33)47(37-23-25-40-39-20-9-10-21-44(39)49-45(40)30-37)36-24-26-41-43(29-36)48(34-16-5-2-6-17-34)42-27-22-32-14-7-8-19-38(32)46(41)42/h1-30H. The molecule has 3 heteroatoms. The van der Waals surface area contributed by atoms with Crippen molar-refractivity contribution in [3.05, 3.63) is 182 Å². The van der Waals surface area contributed by atoms with Crippen LogP contribution in [0.25, 0.3) is 69.6 Å². The summed E-state index contributed by atoms with van der Waals surface area (Å²) < 4.78 is 5.02. The van der Waals surface area contributed by atoms with E-state index in [1.165, 1.54) is 63.9 Å². The third-order valence-corrected chi connectivity index (χ3v) is 10.9. The van der Waals surface area contributed by atoms with Crippen molar-refractivity contribution >= 4 is 81.1 Å². The normalized spacial score (nSPS) is 11.7. The van der Waals surface area contributed by atoms with E-state index in [4.69, 9.17) is 0 Å². The van der Waals surface area contributed by atoms with Crippen LogP contribution in [-0.4, -0.2) is 4.57 Å². The van der Waals surface area contributed by atoms with Crippen molar-refractivity contribution in [1.82, 2.24) is 4.57 Å². The molecule has 2 heterocycles. The fraction of sp³-hybridized carbons (Fsp3) is 0. The minimum Gasteiger partial charge on any atom is -0.310 e. The maximum atomic E-state index is 2.42. The van der Waals surface area contributed by atoms with Crippen LogP contribution >= 0.6 is 11.3 Å². The Balaban J connectivity index is 1.25. The molecule has 0 radical (unpaired) electrons. The van der Waals surface area contributed by atoms with Crippen molar-refractivity contribution in [3.63, 3.8) is 0 Å². The number of hydrogen-bond acceptors (Lipinski definition) is 2. The molecule has 8 aromatic carbocycles. The largest absolute Gasteiger partial charge is 0.310 e. The Hall–Kier alpha value is -6.16. The molecule has 49 heavy (non-hydrogen) atoms. The van der Waals surface area contributed by atoms with Gasteiger partial charge in [0.25, 0.3) is 0 Å². The first-order chi connectivity index (χ1) is 24.3. The van der Waals surface area contributed by atoms with Gasteiger partial charge in [0, 0.05) is 53.7 Å². The Morgan fingerprint density at radius 1 is 0.388 bits per heavy atom. The van der Waals surface area contributed by atoms with Gasteiger partial charge < -0.3 is 9.47 Å². The van der Waals surface area contributed by atoms with Gasteiger partial charge in [-0.3, -0.25) is 0 Å². The van der Waals surface area contributed by atoms with Gasteiger partial charge in [0.15, 0.2) is 0 Å². The number of thiophene rings is 1. The molecule has 0 amide bonds. The summed E-state index contributed by atoms with van der Waals surface area (Å²) in [6.45, 7) is 0. The van der Waals surface area contributed by atoms with Crippen LogP contribution in [0.15, 0.2) is 182 Å². The predicted octanol–water partition coefficient (Wildman–Crippen LogP) is 13.4. The first-order valence-corrected chi connectivity index (χ1v) is 17.5. The molecular formula is C46H30N2S. The molecule has 0 aliphatic rings. The summed E-state index contributed by atoms with van der Waals surface area (Å²) in [6.07, 6.45) is 0. The molecule has 0 unspecified atom stereocenters. The first-order valence-electron chi connectivity index (χ1n) is 16.7. The first kappa shape index (κ1) is 27.9. The average Bonchev–Trinajstić information content (AvgIpc) is 3.71. The van der Waals surface area contributed by atoms with Crippen LogP contribution < -0.4 is 4.90 Å². The topological polar surface area (TPSA) is 8.17 Å². The molecule has 0 aliphatic carbocycles. The second kappa shape index (κ2) is 11.2. The number of nitrogens with zero attached hydrogens (tertiary/aromatic N) is 2. The molecule has 0 bridgehead atoms. The van der Waals surface area contributed by atoms with E-state index in [9.17, 15) is 0 Å². The number of fused-ring (bicyclic) bond motifs is 8. The molecule has 0 saturated heterocycles. The number of hydrogen-bond donors (Lipinski definition) is 0. The van der Waals surface area contributed by atoms with Gasteiger partial charge in [0.05, 0.1) is 11.0 Å². The highest BCUT2D eigenvalue weighted by atomic mass is 32.1. The van der Waals surface area contributed by atoms with Crippen molar-refractivity contribution in [2.45, 2.75) is 0 Å². The molecule has 0 saturated carbocycles. The van der Waals surface area contributed by atoms with Gasteiger partial charge in [-0.1, -0.05) is 121 Å². The second-order valence-corrected chi connectivity index (χ2v) is 13.7. The lowest BCUT2D eigenvalue weighted by Crippen LogP contribution is -2.10. The van der Waals surface area contributed by atoms with Crippen LogP contribution in [0.5, 0.6) is 0 Å². The second-order valence-electron chi connectivity index (χ2n) is 12.6. The van der Waals surface area contributed by atoms with Crippen molar-refractivity contribution < 1.29 is 0 Å². The van der Waals surface area contributed by atoms with E-state index in [1.54, 1.807) is 0 Å². The maximum absolute atomic E-state index is 2.42. The summed E-state index contributed by atoms with van der Waals surface area (Å²) in [5.41, 5.74) is 9.31. The lowest BCUT2D eigenvalue weighted by Gasteiger charge is -2.26. The fourth-order valence-corrected chi connectivity index (χ4v) is 8.67. The van der Waals surface area contributed by atoms with E-state index < -0.39 is 0 Å². The zero-order valence-corrected chi connectivity index (χ0v) is 27.4. The summed E-state index contributed by atoms with van der Waals surface area (Å²) in [5.74, 6) is 0. The number of aromatic nitrogens is 1. The van der Waals surface area contributed by atoms with Crippen molar-refractivity contribution in [1.29, 1.82) is 0 Å². The molecule has 0 fully saturated rings. The Morgan fingerprint density at radius 3 is 1.90 bits per heavy atom. The molecule has 10 aromatic rings. The van der Waals surface area contributed by atoms with Crippen LogP contribution in [0.4, 0.5) is 17.1 Å². The summed E-state index contributed by atoms with van der Waals surface area (Å²) >= 11 is 1.86. The van der Waals surface area contributed by atoms with E-state index in [0.717, 1.165) is 22.7 Å². The van der Waals surface area contributed by atoms with Gasteiger partial charge in [-0.2, -0.15) is 0 Å². The molecule has 230 valence electrons. The van der Waals surface area contributed by atoms with E-state index >= 15 is 0 Å². The maximum Gasteiger partial charge on any atom is 0.0562 e. The van der Waals surface area contributed by atoms with Crippen LogP contribution in [0, 0.1) is 0 Å². The molecule has 0 atom stereocenters. The minimum absolute atomic E-state index is 1.11. The summed E-state index contributed by atoms with van der Waals surface area (Å²) in [4.78, 5) is 2.42. The third kappa shape index (κ3) is 4.55. The Morgan fingerprint density at radius 2 is 1.04 bits per heavy atom. The lowest BCUT2D eigenvalue weighted by atomic mass is 10.0. The average molecular weight is 643 g/mol. The minimum atomic E-state index is 1.11. The highest BCUT2D eigenvalue weighted by Crippen LogP contribution is 2.44. The Kier molecular flexibility index (Phi) is 6.39. The van der Waals surface area contributed by atoms with E-state index in [1.807, 2.05) is 11.3 Å². The molecule has 2 nitrogen and oxygen atoms in total. The number of para-hydroxylation sites is 1. The van der Waals surface area contributed by atoms with Crippen molar-refractivity contribution in [3.8, 4) is 16.8 Å². The number of rotatable bonds is 5. The molecular weight excluding hydrogens is 613 g/mol. The van der Waals surface area contributed by atoms with Crippen LogP contribution in [-0.2, 0) is 0 Å². The van der Waals surface area contributed by atoms with E-state index in [2.05, 4.69) is 191 Å². The van der Waals surface area contributed by atoms with Gasteiger partial charge >= 0.3 is 0 Å². The Bertz CT molecular complexity index is 2830. The summed E-state index contributed by atoms with van der Waals surface area (Å²) in [7, 11) is 0. The van der Waals surface area contributed by atoms with Crippen LogP contribution in [0.1, 0.15) is 0 Å². The van der Waals surface area contributed by atoms with E-state index in [-0.39, 0.29) is 0 Å². The molecule has 10 rings (SSSR count). The SMILES string of the molecule is c1ccc(-c2cccc(N(c3ccc4c(c3)sc3ccccc34)c3ccc4c5c6ccccc6ccc5n(-c5ccccc5)c4c3)c2)cc1. The Labute approximate surface area is 288 Å². The van der Waals surface area contributed by atoms with Gasteiger partial charge in [-0.15, -0.1) is 11.3 Å². The summed E-state index contributed by atoms with van der Waals surface area (Å²) in [6, 6.07) is 66.2. The fourth-order valence-electron chi connectivity index (χ4n) is 7.53. The summed E-state index contributed by atoms with van der Waals surface area (Å²) in [5, 5.41) is 7.67. The van der Waals surface area contributed by atoms with Crippen LogP contribution in [0.2, 0.25) is 0 Å². The molecule has 0 spiro atoms. The van der Waals surface area contributed by atoms with Crippen molar-refractivity contribution in [2.75, 3.05) is 4.90 Å². The van der Waals surface area contributed by atoms with Crippen molar-refractivity contribution in [2.24, 2.45) is 0 Å². The third-order valence-electron chi connectivity index (χ3n) is 9.74. The number of benzene rings is 8. The quantitative estimate of drug-likeness (QED) is 0.181. The van der Waals surface area contributed by atoms with Crippen LogP contribution in [0.3, 0.4) is 0 Å². The highest BCUT2D eigenvalue weighted by Gasteiger charge is 2.20. The molecule has 0 aliphatic heterocycles. The van der Waals surface area contributed by atoms with Gasteiger partial charge in [-0.05, 0) is 82.6 Å². The molecule has 0 N–H and O–H groups in total. The van der Waals surface area contributed by atoms with Gasteiger partial charge in [0.1, 0.15) is 0 Å². The lowest BCUT2D eigenvalue weighted by molar-refractivity contribution is 1.18. The predicted molar refractivity (Wildman–Crippen MR) is 211 cm³/mol. The van der Waals surface area contributed by atoms with E-state index in [0.29, 0.717) is 0 Å². The highest BCUT2D eigenvalue weighted by molar-refractivity contribution is 7.25. The number of anilines is 3. The van der Waals surface area contributed by atoms with Gasteiger partial charge in [-0.25, -0.2) is 0 Å². The zero-order valence-electron chi connectivity index (χ0n) is 26.6. The zero-order chi connectivity index (χ0) is 32.3. The molecule has 2 aromatic heterocycles. The smallest absolute Gasteiger partial charge is 0.0562 e. The monoisotopic (exact) mass is 642 g/mol. The van der Waals surface area contributed by atoms with Gasteiger partial charge in [0.2, 0.25) is 0 Å².